The molecule has 0 fully saturated rings. The first-order valence-corrected chi connectivity index (χ1v) is 5.68. The molecule has 0 saturated carbocycles. The summed E-state index contributed by atoms with van der Waals surface area (Å²) in [6.07, 6.45) is 0. The molecule has 7 heteroatoms. The van der Waals surface area contributed by atoms with Gasteiger partial charge in [0.1, 0.15) is 12.2 Å². The molecule has 0 aromatic heterocycles. The predicted octanol–water partition coefficient (Wildman–Crippen LogP) is 1.90. The summed E-state index contributed by atoms with van der Waals surface area (Å²) in [5, 5.41) is 20.1. The molecule has 1 aromatic carbocycles. The van der Waals surface area contributed by atoms with Crippen LogP contribution < -0.4 is 9.64 Å². The lowest BCUT2D eigenvalue weighted by atomic mass is 10.2. The van der Waals surface area contributed by atoms with Crippen molar-refractivity contribution in [2.75, 3.05) is 18.6 Å². The summed E-state index contributed by atoms with van der Waals surface area (Å²) in [4.78, 5) is 22.9. The first-order chi connectivity index (χ1) is 8.88. The van der Waals surface area contributed by atoms with Gasteiger partial charge in [-0.3, -0.25) is 14.9 Å². The number of rotatable bonds is 6. The Labute approximate surface area is 110 Å². The molecule has 0 aliphatic heterocycles. The molecule has 0 saturated heterocycles. The lowest BCUT2D eigenvalue weighted by molar-refractivity contribution is -0.385. The predicted molar refractivity (Wildman–Crippen MR) is 69.8 cm³/mol. The molecule has 1 rings (SSSR count). The molecule has 0 heterocycles. The summed E-state index contributed by atoms with van der Waals surface area (Å²) in [6, 6.07) is 4.39. The number of nitro groups is 1. The average molecular weight is 268 g/mol. The third kappa shape index (κ3) is 3.34. The highest BCUT2D eigenvalue weighted by atomic mass is 16.6. The quantitative estimate of drug-likeness (QED) is 0.625. The molecule has 0 amide bonds. The largest absolute Gasteiger partial charge is 0.490 e. The molecular weight excluding hydrogens is 252 g/mol. The van der Waals surface area contributed by atoms with Crippen LogP contribution in [0.4, 0.5) is 11.4 Å². The SMILES string of the molecule is COc1cccc(N(CC(=O)O)C(C)C)c1[N+](=O)[O-]. The number of carbonyl (C=O) groups is 1. The van der Waals surface area contributed by atoms with Crippen LogP contribution in [0.3, 0.4) is 0 Å². The molecular formula is C12H16N2O5. The molecule has 0 radical (unpaired) electrons. The second-order valence-electron chi connectivity index (χ2n) is 4.20. The second kappa shape index (κ2) is 6.03. The average Bonchev–Trinajstić information content (AvgIpc) is 2.34. The Hall–Kier alpha value is -2.31. The van der Waals surface area contributed by atoms with Gasteiger partial charge in [-0.1, -0.05) is 6.07 Å². The monoisotopic (exact) mass is 268 g/mol. The van der Waals surface area contributed by atoms with Gasteiger partial charge in [0.15, 0.2) is 5.75 Å². The molecule has 0 atom stereocenters. The van der Waals surface area contributed by atoms with Crippen LogP contribution in [0, 0.1) is 10.1 Å². The zero-order chi connectivity index (χ0) is 14.6. The Morgan fingerprint density at radius 2 is 2.16 bits per heavy atom. The van der Waals surface area contributed by atoms with Gasteiger partial charge in [-0.05, 0) is 26.0 Å². The van der Waals surface area contributed by atoms with E-state index in [2.05, 4.69) is 0 Å². The minimum Gasteiger partial charge on any atom is -0.490 e. The summed E-state index contributed by atoms with van der Waals surface area (Å²) in [6.45, 7) is 3.23. The normalized spacial score (nSPS) is 10.3. The Bertz CT molecular complexity index is 487. The van der Waals surface area contributed by atoms with Gasteiger partial charge < -0.3 is 14.7 Å². The number of methoxy groups -OCH3 is 1. The van der Waals surface area contributed by atoms with Crippen molar-refractivity contribution in [3.8, 4) is 5.75 Å². The smallest absolute Gasteiger partial charge is 0.333 e. The molecule has 0 aliphatic rings. The van der Waals surface area contributed by atoms with Gasteiger partial charge in [-0.2, -0.15) is 0 Å². The number of aliphatic carboxylic acids is 1. The highest BCUT2D eigenvalue weighted by molar-refractivity contribution is 5.78. The number of carboxylic acids is 1. The molecule has 19 heavy (non-hydrogen) atoms. The number of hydrogen-bond acceptors (Lipinski definition) is 5. The maximum absolute atomic E-state index is 11.2. The fourth-order valence-electron chi connectivity index (χ4n) is 1.78. The highest BCUT2D eigenvalue weighted by Crippen LogP contribution is 2.37. The van der Waals surface area contributed by atoms with Gasteiger partial charge >= 0.3 is 11.7 Å². The molecule has 0 bridgehead atoms. The van der Waals surface area contributed by atoms with Crippen LogP contribution in [0.25, 0.3) is 0 Å². The minimum atomic E-state index is -1.05. The fourth-order valence-corrected chi connectivity index (χ4v) is 1.78. The molecule has 7 nitrogen and oxygen atoms in total. The third-order valence-electron chi connectivity index (χ3n) is 2.62. The van der Waals surface area contributed by atoms with Crippen molar-refractivity contribution >= 4 is 17.3 Å². The maximum Gasteiger partial charge on any atom is 0.333 e. The van der Waals surface area contributed by atoms with Crippen molar-refractivity contribution in [2.24, 2.45) is 0 Å². The number of ether oxygens (including phenoxy) is 1. The summed E-state index contributed by atoms with van der Waals surface area (Å²) >= 11 is 0. The van der Waals surface area contributed by atoms with E-state index in [9.17, 15) is 14.9 Å². The fraction of sp³-hybridized carbons (Fsp3) is 0.417. The van der Waals surface area contributed by atoms with E-state index in [1.165, 1.54) is 24.1 Å². The number of para-hydroxylation sites is 1. The Kier molecular flexibility index (Phi) is 4.68. The lowest BCUT2D eigenvalue weighted by Crippen LogP contribution is -2.36. The van der Waals surface area contributed by atoms with E-state index >= 15 is 0 Å². The van der Waals surface area contributed by atoms with E-state index in [1.807, 2.05) is 0 Å². The number of benzene rings is 1. The number of anilines is 1. The number of nitro benzene ring substituents is 1. The van der Waals surface area contributed by atoms with Gasteiger partial charge in [-0.15, -0.1) is 0 Å². The molecule has 1 N–H and O–H groups in total. The van der Waals surface area contributed by atoms with Crippen LogP contribution in [0.2, 0.25) is 0 Å². The van der Waals surface area contributed by atoms with E-state index in [0.29, 0.717) is 0 Å². The van der Waals surface area contributed by atoms with Gasteiger partial charge in [0.2, 0.25) is 0 Å². The summed E-state index contributed by atoms with van der Waals surface area (Å²) in [7, 11) is 1.34. The van der Waals surface area contributed by atoms with E-state index < -0.39 is 10.9 Å². The van der Waals surface area contributed by atoms with Crippen LogP contribution >= 0.6 is 0 Å². The van der Waals surface area contributed by atoms with E-state index in [-0.39, 0.29) is 29.7 Å². The molecule has 0 unspecified atom stereocenters. The van der Waals surface area contributed by atoms with Gasteiger partial charge in [0.05, 0.1) is 12.0 Å². The van der Waals surface area contributed by atoms with Crippen molar-refractivity contribution in [3.05, 3.63) is 28.3 Å². The van der Waals surface area contributed by atoms with Crippen molar-refractivity contribution in [3.63, 3.8) is 0 Å². The number of hydrogen-bond donors (Lipinski definition) is 1. The summed E-state index contributed by atoms with van der Waals surface area (Å²) < 4.78 is 4.97. The topological polar surface area (TPSA) is 92.9 Å². The minimum absolute atomic E-state index is 0.110. The Morgan fingerprint density at radius 3 is 2.58 bits per heavy atom. The lowest BCUT2D eigenvalue weighted by Gasteiger charge is -2.27. The molecule has 104 valence electrons. The van der Waals surface area contributed by atoms with Crippen molar-refractivity contribution in [1.29, 1.82) is 0 Å². The van der Waals surface area contributed by atoms with E-state index in [0.717, 1.165) is 0 Å². The van der Waals surface area contributed by atoms with Crippen LogP contribution in [0.1, 0.15) is 13.8 Å². The second-order valence-corrected chi connectivity index (χ2v) is 4.20. The zero-order valence-corrected chi connectivity index (χ0v) is 11.0. The third-order valence-corrected chi connectivity index (χ3v) is 2.62. The Morgan fingerprint density at radius 1 is 1.53 bits per heavy atom. The molecule has 0 aliphatic carbocycles. The van der Waals surface area contributed by atoms with E-state index in [4.69, 9.17) is 9.84 Å². The molecule has 1 aromatic rings. The first kappa shape index (κ1) is 14.7. The van der Waals surface area contributed by atoms with Gasteiger partial charge in [-0.25, -0.2) is 0 Å². The standard InChI is InChI=1S/C12H16N2O5/c1-8(2)13(7-11(15)16)9-5-4-6-10(19-3)12(9)14(17)18/h4-6,8H,7H2,1-3H3,(H,15,16). The van der Waals surface area contributed by atoms with Crippen molar-refractivity contribution in [2.45, 2.75) is 19.9 Å². The summed E-state index contributed by atoms with van der Waals surface area (Å²) in [5.41, 5.74) is 0.0155. The number of nitrogens with zero attached hydrogens (tertiary/aromatic N) is 2. The highest BCUT2D eigenvalue weighted by Gasteiger charge is 2.27. The van der Waals surface area contributed by atoms with Gasteiger partial charge in [0.25, 0.3) is 0 Å². The van der Waals surface area contributed by atoms with Crippen molar-refractivity contribution < 1.29 is 19.6 Å². The number of carboxylic acid groups (broad SMARTS) is 1. The van der Waals surface area contributed by atoms with Crippen LogP contribution in [-0.4, -0.2) is 35.7 Å². The maximum atomic E-state index is 11.2. The first-order valence-electron chi connectivity index (χ1n) is 5.68. The van der Waals surface area contributed by atoms with E-state index in [1.54, 1.807) is 19.9 Å². The van der Waals surface area contributed by atoms with Crippen LogP contribution in [-0.2, 0) is 4.79 Å². The Balaban J connectivity index is 3.37. The molecule has 0 spiro atoms. The van der Waals surface area contributed by atoms with Crippen LogP contribution in [0.5, 0.6) is 5.75 Å². The zero-order valence-electron chi connectivity index (χ0n) is 11.0. The van der Waals surface area contributed by atoms with Crippen molar-refractivity contribution in [1.82, 2.24) is 0 Å². The van der Waals surface area contributed by atoms with Gasteiger partial charge in [0, 0.05) is 6.04 Å². The van der Waals surface area contributed by atoms with Crippen LogP contribution in [0.15, 0.2) is 18.2 Å². The summed E-state index contributed by atoms with van der Waals surface area (Å²) in [5.74, 6) is -0.940.